The topological polar surface area (TPSA) is 79.3 Å². The molecule has 0 radical (unpaired) electrons. The second-order valence-electron chi connectivity index (χ2n) is 2.57. The number of hydrogen-bond donors (Lipinski definition) is 2. The molecular formula is C8H6BrClN2O3. The zero-order chi connectivity index (χ0) is 11.4. The Morgan fingerprint density at radius 1 is 1.60 bits per heavy atom. The maximum Gasteiger partial charge on any atom is 0.394 e. The van der Waals surface area contributed by atoms with Gasteiger partial charge in [-0.25, -0.2) is 4.79 Å². The molecule has 0 aliphatic heterocycles. The highest BCUT2D eigenvalue weighted by atomic mass is 79.9. The molecule has 5 nitrogen and oxygen atoms in total. The number of nitrogens with zero attached hydrogens (tertiary/aromatic N) is 1. The zero-order valence-electron chi connectivity index (χ0n) is 7.33. The zero-order valence-corrected chi connectivity index (χ0v) is 9.67. The summed E-state index contributed by atoms with van der Waals surface area (Å²) >= 11 is 8.97. The lowest BCUT2D eigenvalue weighted by Crippen LogP contribution is -2.30. The van der Waals surface area contributed by atoms with Crippen LogP contribution in [-0.2, 0) is 16.1 Å². The van der Waals surface area contributed by atoms with Crippen LogP contribution in [0.4, 0.5) is 0 Å². The van der Waals surface area contributed by atoms with E-state index in [1.807, 2.05) is 0 Å². The first kappa shape index (κ1) is 11.9. The summed E-state index contributed by atoms with van der Waals surface area (Å²) < 4.78 is 0.709. The Morgan fingerprint density at radius 3 is 2.80 bits per heavy atom. The third-order valence-electron chi connectivity index (χ3n) is 1.49. The first-order valence-electron chi connectivity index (χ1n) is 3.81. The molecular weight excluding hydrogens is 287 g/mol. The lowest BCUT2D eigenvalue weighted by Gasteiger charge is -2.03. The molecule has 80 valence electrons. The number of rotatable bonds is 2. The Morgan fingerprint density at radius 2 is 2.27 bits per heavy atom. The Bertz CT molecular complexity index is 411. The molecule has 1 aromatic heterocycles. The Balaban J connectivity index is 2.66. The molecule has 0 bridgehead atoms. The van der Waals surface area contributed by atoms with Crippen molar-refractivity contribution in [3.8, 4) is 0 Å². The lowest BCUT2D eigenvalue weighted by atomic mass is 10.3. The fourth-order valence-corrected chi connectivity index (χ4v) is 1.51. The average Bonchev–Trinajstić information content (AvgIpc) is 2.15. The van der Waals surface area contributed by atoms with E-state index in [1.54, 1.807) is 6.07 Å². The molecule has 7 heteroatoms. The van der Waals surface area contributed by atoms with Gasteiger partial charge in [0.1, 0.15) is 0 Å². The van der Waals surface area contributed by atoms with E-state index >= 15 is 0 Å². The number of pyridine rings is 1. The fraction of sp³-hybridized carbons (Fsp3) is 0.125. The Hall–Kier alpha value is -1.14. The molecule has 15 heavy (non-hydrogen) atoms. The second-order valence-corrected chi connectivity index (χ2v) is 3.89. The van der Waals surface area contributed by atoms with Crippen molar-refractivity contribution in [2.24, 2.45) is 0 Å². The first-order valence-corrected chi connectivity index (χ1v) is 4.99. The summed E-state index contributed by atoms with van der Waals surface area (Å²) in [7, 11) is 0. The number of aliphatic carboxylic acids is 1. The highest BCUT2D eigenvalue weighted by molar-refractivity contribution is 9.10. The van der Waals surface area contributed by atoms with Gasteiger partial charge in [0.15, 0.2) is 0 Å². The van der Waals surface area contributed by atoms with Gasteiger partial charge in [-0.1, -0.05) is 11.6 Å². The van der Waals surface area contributed by atoms with Gasteiger partial charge in [0.25, 0.3) is 0 Å². The summed E-state index contributed by atoms with van der Waals surface area (Å²) in [5.74, 6) is -2.63. The molecule has 2 N–H and O–H groups in total. The number of halogens is 2. The second kappa shape index (κ2) is 5.09. The van der Waals surface area contributed by atoms with Crippen LogP contribution in [0.3, 0.4) is 0 Å². The number of carbonyl (C=O) groups excluding carboxylic acids is 1. The maximum absolute atomic E-state index is 10.7. The highest BCUT2D eigenvalue weighted by Crippen LogP contribution is 2.18. The van der Waals surface area contributed by atoms with E-state index in [0.717, 1.165) is 0 Å². The van der Waals surface area contributed by atoms with Crippen molar-refractivity contribution >= 4 is 39.4 Å². The van der Waals surface area contributed by atoms with Crippen molar-refractivity contribution in [3.05, 3.63) is 27.5 Å². The number of aromatic nitrogens is 1. The minimum Gasteiger partial charge on any atom is -0.474 e. The van der Waals surface area contributed by atoms with Crippen molar-refractivity contribution in [3.63, 3.8) is 0 Å². The van der Waals surface area contributed by atoms with Crippen molar-refractivity contribution < 1.29 is 14.7 Å². The molecule has 1 heterocycles. The van der Waals surface area contributed by atoms with E-state index in [0.29, 0.717) is 15.2 Å². The molecule has 0 atom stereocenters. The predicted molar refractivity (Wildman–Crippen MR) is 56.4 cm³/mol. The number of hydrogen-bond acceptors (Lipinski definition) is 3. The van der Waals surface area contributed by atoms with Crippen LogP contribution in [-0.4, -0.2) is 22.0 Å². The van der Waals surface area contributed by atoms with Gasteiger partial charge in [0.2, 0.25) is 0 Å². The van der Waals surface area contributed by atoms with Crippen molar-refractivity contribution in [1.29, 1.82) is 0 Å². The number of amides is 1. The smallest absolute Gasteiger partial charge is 0.394 e. The van der Waals surface area contributed by atoms with Gasteiger partial charge in [-0.05, 0) is 22.0 Å². The first-order chi connectivity index (χ1) is 7.00. The molecule has 1 rings (SSSR count). The van der Waals surface area contributed by atoms with Crippen molar-refractivity contribution in [2.45, 2.75) is 6.54 Å². The minimum absolute atomic E-state index is 0.0166. The molecule has 0 spiro atoms. The molecule has 0 saturated carbocycles. The van der Waals surface area contributed by atoms with Crippen LogP contribution in [0, 0.1) is 0 Å². The molecule has 1 aromatic rings. The number of carboxylic acid groups (broad SMARTS) is 1. The summed E-state index contributed by atoms with van der Waals surface area (Å²) in [6, 6.07) is 1.61. The molecule has 0 fully saturated rings. The SMILES string of the molecule is O=C(O)C(=O)NCc1ncc(Br)cc1Cl. The standard InChI is InChI=1S/C8H6BrClN2O3/c9-4-1-5(10)6(11-2-4)3-12-7(13)8(14)15/h1-2H,3H2,(H,12,13)(H,14,15). The van der Waals surface area contributed by atoms with E-state index in [4.69, 9.17) is 16.7 Å². The Kier molecular flexibility index (Phi) is 4.05. The van der Waals surface area contributed by atoms with Crippen LogP contribution in [0.15, 0.2) is 16.7 Å². The van der Waals surface area contributed by atoms with Crippen molar-refractivity contribution in [1.82, 2.24) is 10.3 Å². The predicted octanol–water partition coefficient (Wildman–Crippen LogP) is 1.20. The van der Waals surface area contributed by atoms with E-state index in [1.165, 1.54) is 6.20 Å². The third-order valence-corrected chi connectivity index (χ3v) is 2.26. The van der Waals surface area contributed by atoms with Gasteiger partial charge in [0, 0.05) is 10.7 Å². The monoisotopic (exact) mass is 292 g/mol. The van der Waals surface area contributed by atoms with E-state index in [2.05, 4.69) is 26.2 Å². The Labute approximate surface area is 98.6 Å². The van der Waals surface area contributed by atoms with Gasteiger partial charge in [-0.2, -0.15) is 0 Å². The summed E-state index contributed by atoms with van der Waals surface area (Å²) in [6.45, 7) is -0.0166. The summed E-state index contributed by atoms with van der Waals surface area (Å²) in [6.07, 6.45) is 1.51. The van der Waals surface area contributed by atoms with Crippen LogP contribution in [0.25, 0.3) is 0 Å². The van der Waals surface area contributed by atoms with Gasteiger partial charge in [-0.3, -0.25) is 9.78 Å². The van der Waals surface area contributed by atoms with E-state index in [-0.39, 0.29) is 6.54 Å². The van der Waals surface area contributed by atoms with Crippen LogP contribution >= 0.6 is 27.5 Å². The van der Waals surface area contributed by atoms with Gasteiger partial charge >= 0.3 is 11.9 Å². The van der Waals surface area contributed by atoms with E-state index in [9.17, 15) is 9.59 Å². The molecule has 1 amide bonds. The quantitative estimate of drug-likeness (QED) is 0.803. The van der Waals surface area contributed by atoms with Crippen LogP contribution in [0.1, 0.15) is 5.69 Å². The van der Waals surface area contributed by atoms with Crippen molar-refractivity contribution in [2.75, 3.05) is 0 Å². The van der Waals surface area contributed by atoms with Crippen LogP contribution in [0.2, 0.25) is 5.02 Å². The number of carbonyl (C=O) groups is 2. The van der Waals surface area contributed by atoms with Gasteiger partial charge in [-0.15, -0.1) is 0 Å². The lowest BCUT2D eigenvalue weighted by molar-refractivity contribution is -0.150. The molecule has 0 aliphatic rings. The molecule has 0 unspecified atom stereocenters. The normalized spacial score (nSPS) is 9.73. The molecule has 0 aromatic carbocycles. The third kappa shape index (κ3) is 3.49. The highest BCUT2D eigenvalue weighted by Gasteiger charge is 2.11. The fourth-order valence-electron chi connectivity index (χ4n) is 0.813. The summed E-state index contributed by atoms with van der Waals surface area (Å²) in [4.78, 5) is 24.8. The maximum atomic E-state index is 10.7. The summed E-state index contributed by atoms with van der Waals surface area (Å²) in [5, 5.41) is 10.8. The minimum atomic E-state index is -1.54. The molecule has 0 saturated heterocycles. The van der Waals surface area contributed by atoms with Gasteiger partial charge < -0.3 is 10.4 Å². The number of nitrogens with one attached hydrogen (secondary N) is 1. The summed E-state index contributed by atoms with van der Waals surface area (Å²) in [5.41, 5.74) is 0.412. The van der Waals surface area contributed by atoms with Crippen LogP contribution < -0.4 is 5.32 Å². The number of carboxylic acids is 1. The average molecular weight is 294 g/mol. The van der Waals surface area contributed by atoms with Gasteiger partial charge in [0.05, 0.1) is 17.3 Å². The largest absolute Gasteiger partial charge is 0.474 e. The molecule has 0 aliphatic carbocycles. The van der Waals surface area contributed by atoms with Crippen LogP contribution in [0.5, 0.6) is 0 Å². The van der Waals surface area contributed by atoms with E-state index < -0.39 is 11.9 Å².